The Kier molecular flexibility index (Phi) is 4.78. The maximum atomic E-state index is 12.9. The molecule has 0 aliphatic carbocycles. The number of alkyl halides is 3. The van der Waals surface area contributed by atoms with E-state index >= 15 is 0 Å². The van der Waals surface area contributed by atoms with Gasteiger partial charge in [0, 0.05) is 42.9 Å². The molecule has 1 fully saturated rings. The summed E-state index contributed by atoms with van der Waals surface area (Å²) in [6, 6.07) is 3.90. The minimum absolute atomic E-state index is 0.349. The molecule has 1 atom stereocenters. The monoisotopic (exact) mass is 307 g/mol. The molecule has 1 aliphatic rings. The molecule has 1 saturated heterocycles. The molecule has 1 aromatic rings. The molecule has 0 saturated carbocycles. The third kappa shape index (κ3) is 4.01. The Bertz CT molecular complexity index is 459. The predicted molar refractivity (Wildman–Crippen MR) is 73.7 cm³/mol. The molecule has 2 rings (SSSR count). The van der Waals surface area contributed by atoms with Crippen LogP contribution in [0, 0.1) is 0 Å². The lowest BCUT2D eigenvalue weighted by molar-refractivity contribution is -0.148. The molecule has 7 heteroatoms. The second-order valence-electron chi connectivity index (χ2n) is 4.89. The number of nitrogens with zero attached hydrogens (tertiary/aromatic N) is 1. The molecule has 112 valence electrons. The zero-order valence-electron chi connectivity index (χ0n) is 10.9. The summed E-state index contributed by atoms with van der Waals surface area (Å²) in [5, 5.41) is 3.53. The first kappa shape index (κ1) is 15.4. The largest absolute Gasteiger partial charge is 0.398 e. The van der Waals surface area contributed by atoms with Gasteiger partial charge >= 0.3 is 6.18 Å². The molecule has 0 radical (unpaired) electrons. The number of nitrogen functional groups attached to an aromatic ring is 1. The van der Waals surface area contributed by atoms with Crippen LogP contribution in [0.4, 0.5) is 18.9 Å². The van der Waals surface area contributed by atoms with Gasteiger partial charge in [-0.25, -0.2) is 0 Å². The van der Waals surface area contributed by atoms with Gasteiger partial charge in [0.1, 0.15) is 0 Å². The number of benzene rings is 1. The van der Waals surface area contributed by atoms with Crippen LogP contribution in [0.25, 0.3) is 0 Å². The van der Waals surface area contributed by atoms with Gasteiger partial charge < -0.3 is 11.1 Å². The van der Waals surface area contributed by atoms with Crippen LogP contribution in [0.5, 0.6) is 0 Å². The third-order valence-corrected chi connectivity index (χ3v) is 3.66. The number of nitrogens with two attached hydrogens (primary N) is 1. The summed E-state index contributed by atoms with van der Waals surface area (Å²) in [5.74, 6) is 0. The van der Waals surface area contributed by atoms with E-state index in [9.17, 15) is 13.2 Å². The summed E-state index contributed by atoms with van der Waals surface area (Å²) in [4.78, 5) is 1.81. The topological polar surface area (TPSA) is 41.3 Å². The van der Waals surface area contributed by atoms with Gasteiger partial charge in [-0.1, -0.05) is 11.6 Å². The first-order chi connectivity index (χ1) is 9.37. The maximum absolute atomic E-state index is 12.9. The third-order valence-electron chi connectivity index (χ3n) is 3.42. The van der Waals surface area contributed by atoms with Gasteiger partial charge in [0.05, 0.1) is 6.42 Å². The Hall–Kier alpha value is -0.980. The van der Waals surface area contributed by atoms with Crippen molar-refractivity contribution in [3.8, 4) is 0 Å². The molecule has 1 aromatic carbocycles. The highest BCUT2D eigenvalue weighted by Gasteiger charge is 2.36. The fraction of sp³-hybridized carbons (Fsp3) is 0.538. The Morgan fingerprint density at radius 3 is 2.55 bits per heavy atom. The quantitative estimate of drug-likeness (QED) is 0.844. The minimum atomic E-state index is -4.25. The van der Waals surface area contributed by atoms with E-state index in [1.54, 1.807) is 12.1 Å². The molecule has 0 aromatic heterocycles. The summed E-state index contributed by atoms with van der Waals surface area (Å²) in [5.41, 5.74) is 6.65. The molecule has 0 bridgehead atoms. The van der Waals surface area contributed by atoms with Crippen LogP contribution >= 0.6 is 11.6 Å². The van der Waals surface area contributed by atoms with Gasteiger partial charge in [-0.15, -0.1) is 0 Å². The van der Waals surface area contributed by atoms with Crippen LogP contribution in [-0.4, -0.2) is 37.3 Å². The molecule has 3 N–H and O–H groups in total. The lowest BCUT2D eigenvalue weighted by Crippen LogP contribution is -2.46. The second-order valence-corrected chi connectivity index (χ2v) is 5.33. The number of hydrogen-bond donors (Lipinski definition) is 2. The van der Waals surface area contributed by atoms with Crippen LogP contribution < -0.4 is 11.1 Å². The summed E-state index contributed by atoms with van der Waals surface area (Å²) in [6.45, 7) is 2.48. The fourth-order valence-electron chi connectivity index (χ4n) is 2.48. The van der Waals surface area contributed by atoms with Gasteiger partial charge in [-0.05, 0) is 23.8 Å². The van der Waals surface area contributed by atoms with Gasteiger partial charge in [0.2, 0.25) is 0 Å². The van der Waals surface area contributed by atoms with Gasteiger partial charge in [-0.3, -0.25) is 4.90 Å². The van der Waals surface area contributed by atoms with E-state index in [4.69, 9.17) is 17.3 Å². The number of anilines is 1. The Morgan fingerprint density at radius 1 is 1.30 bits per heavy atom. The summed E-state index contributed by atoms with van der Waals surface area (Å²) < 4.78 is 38.6. The first-order valence-corrected chi connectivity index (χ1v) is 6.81. The highest BCUT2D eigenvalue weighted by Crippen LogP contribution is 2.37. The van der Waals surface area contributed by atoms with Gasteiger partial charge in [-0.2, -0.15) is 13.2 Å². The highest BCUT2D eigenvalue weighted by molar-refractivity contribution is 6.30. The average Bonchev–Trinajstić information content (AvgIpc) is 2.39. The molecule has 20 heavy (non-hydrogen) atoms. The average molecular weight is 308 g/mol. The number of piperazine rings is 1. The van der Waals surface area contributed by atoms with Gasteiger partial charge in [0.25, 0.3) is 0 Å². The lowest BCUT2D eigenvalue weighted by Gasteiger charge is -2.36. The maximum Gasteiger partial charge on any atom is 0.390 e. The standard InChI is InChI=1S/C13H17ClF3N3/c14-9-1-2-11(18)10(7-9)12(8-13(15,16)17)20-5-3-19-4-6-20/h1-2,7,12,19H,3-6,8,18H2/t12-/m1/s1. The van der Waals surface area contributed by atoms with Crippen molar-refractivity contribution in [2.24, 2.45) is 0 Å². The van der Waals surface area contributed by atoms with Crippen molar-refractivity contribution in [1.29, 1.82) is 0 Å². The lowest BCUT2D eigenvalue weighted by atomic mass is 9.99. The van der Waals surface area contributed by atoms with E-state index in [2.05, 4.69) is 5.32 Å². The smallest absolute Gasteiger partial charge is 0.390 e. The zero-order chi connectivity index (χ0) is 14.8. The molecule has 1 heterocycles. The summed E-state index contributed by atoms with van der Waals surface area (Å²) >= 11 is 5.90. The molecule has 0 amide bonds. The van der Waals surface area contributed by atoms with E-state index in [0.29, 0.717) is 42.5 Å². The number of hydrogen-bond acceptors (Lipinski definition) is 3. The minimum Gasteiger partial charge on any atom is -0.398 e. The van der Waals surface area contributed by atoms with Crippen LogP contribution in [0.3, 0.4) is 0 Å². The summed E-state index contributed by atoms with van der Waals surface area (Å²) in [6.07, 6.45) is -5.16. The number of halogens is 4. The SMILES string of the molecule is Nc1ccc(Cl)cc1[C@@H](CC(F)(F)F)N1CCNCC1. The summed E-state index contributed by atoms with van der Waals surface area (Å²) in [7, 11) is 0. The number of rotatable bonds is 3. The van der Waals surface area contributed by atoms with Crippen molar-refractivity contribution in [3.63, 3.8) is 0 Å². The molecular formula is C13H17ClF3N3. The Balaban J connectivity index is 2.31. The highest BCUT2D eigenvalue weighted by atomic mass is 35.5. The zero-order valence-corrected chi connectivity index (χ0v) is 11.6. The van der Waals surface area contributed by atoms with Crippen molar-refractivity contribution >= 4 is 17.3 Å². The fourth-order valence-corrected chi connectivity index (χ4v) is 2.66. The molecular weight excluding hydrogens is 291 g/mol. The predicted octanol–water partition coefficient (Wildman–Crippen LogP) is 2.82. The van der Waals surface area contributed by atoms with Crippen LogP contribution in [0.15, 0.2) is 18.2 Å². The van der Waals surface area contributed by atoms with Crippen molar-refractivity contribution in [3.05, 3.63) is 28.8 Å². The van der Waals surface area contributed by atoms with Crippen LogP contribution in [0.1, 0.15) is 18.0 Å². The number of nitrogens with one attached hydrogen (secondary N) is 1. The van der Waals surface area contributed by atoms with E-state index in [1.165, 1.54) is 6.07 Å². The van der Waals surface area contributed by atoms with Crippen LogP contribution in [-0.2, 0) is 0 Å². The Morgan fingerprint density at radius 2 is 1.95 bits per heavy atom. The first-order valence-electron chi connectivity index (χ1n) is 6.43. The van der Waals surface area contributed by atoms with Gasteiger partial charge in [0.15, 0.2) is 0 Å². The normalized spacial score (nSPS) is 19.0. The Labute approximate surface area is 120 Å². The van der Waals surface area contributed by atoms with E-state index in [1.807, 2.05) is 4.90 Å². The molecule has 0 spiro atoms. The molecule has 0 unspecified atom stereocenters. The van der Waals surface area contributed by atoms with E-state index in [-0.39, 0.29) is 0 Å². The van der Waals surface area contributed by atoms with Crippen molar-refractivity contribution in [2.45, 2.75) is 18.6 Å². The van der Waals surface area contributed by atoms with Crippen molar-refractivity contribution in [2.75, 3.05) is 31.9 Å². The van der Waals surface area contributed by atoms with E-state index < -0.39 is 18.6 Å². The second kappa shape index (κ2) is 6.20. The molecule has 1 aliphatic heterocycles. The van der Waals surface area contributed by atoms with Crippen molar-refractivity contribution in [1.82, 2.24) is 10.2 Å². The van der Waals surface area contributed by atoms with E-state index in [0.717, 1.165) is 0 Å². The molecule has 3 nitrogen and oxygen atoms in total. The van der Waals surface area contributed by atoms with Crippen molar-refractivity contribution < 1.29 is 13.2 Å². The van der Waals surface area contributed by atoms with Crippen LogP contribution in [0.2, 0.25) is 5.02 Å².